The minimum Gasteiger partial charge on any atom is -0.363 e. The van der Waals surface area contributed by atoms with E-state index >= 15 is 0 Å². The lowest BCUT2D eigenvalue weighted by molar-refractivity contribution is -0.137. The van der Waals surface area contributed by atoms with E-state index in [0.717, 1.165) is 42.9 Å². The Balaban J connectivity index is 1.47. The molecule has 1 aromatic carbocycles. The molecule has 0 N–H and O–H groups in total. The standard InChI is InChI=1S/C17H20F3NO2S/c18-17(19,20)14-4-1-13(2-5-14)3-6-15(22)21-9-7-16(8-10-21)23-11-12-24-16/h1-2,4-5H,3,6-12H2. The fourth-order valence-corrected chi connectivity index (χ4v) is 4.33. The smallest absolute Gasteiger partial charge is 0.363 e. The van der Waals surface area contributed by atoms with E-state index in [2.05, 4.69) is 0 Å². The van der Waals surface area contributed by atoms with E-state index in [0.29, 0.717) is 25.9 Å². The van der Waals surface area contributed by atoms with E-state index < -0.39 is 11.7 Å². The number of halogens is 3. The first-order valence-electron chi connectivity index (χ1n) is 8.10. The van der Waals surface area contributed by atoms with Crippen LogP contribution in [0.4, 0.5) is 13.2 Å². The highest BCUT2D eigenvalue weighted by Gasteiger charge is 2.40. The number of piperidine rings is 1. The first-order chi connectivity index (χ1) is 11.4. The molecular formula is C17H20F3NO2S. The summed E-state index contributed by atoms with van der Waals surface area (Å²) in [5.41, 5.74) is 0.0903. The first-order valence-corrected chi connectivity index (χ1v) is 9.08. The van der Waals surface area contributed by atoms with Crippen LogP contribution in [0, 0.1) is 0 Å². The number of hydrogen-bond donors (Lipinski definition) is 0. The van der Waals surface area contributed by atoms with Gasteiger partial charge in [0.2, 0.25) is 5.91 Å². The topological polar surface area (TPSA) is 29.5 Å². The Hall–Kier alpha value is -1.21. The van der Waals surface area contributed by atoms with Crippen molar-refractivity contribution in [2.75, 3.05) is 25.4 Å². The molecule has 3 nitrogen and oxygen atoms in total. The van der Waals surface area contributed by atoms with Crippen LogP contribution in [0.3, 0.4) is 0 Å². The van der Waals surface area contributed by atoms with Gasteiger partial charge in [0.25, 0.3) is 0 Å². The molecule has 0 aliphatic carbocycles. The molecule has 0 radical (unpaired) electrons. The van der Waals surface area contributed by atoms with Crippen molar-refractivity contribution in [1.29, 1.82) is 0 Å². The lowest BCUT2D eigenvalue weighted by Gasteiger charge is -2.37. The number of amides is 1. The fraction of sp³-hybridized carbons (Fsp3) is 0.588. The number of aryl methyl sites for hydroxylation is 1. The van der Waals surface area contributed by atoms with Gasteiger partial charge in [-0.3, -0.25) is 4.79 Å². The van der Waals surface area contributed by atoms with Crippen molar-refractivity contribution in [2.24, 2.45) is 0 Å². The Bertz CT molecular complexity index is 572. The molecule has 2 saturated heterocycles. The predicted octanol–water partition coefficient (Wildman–Crippen LogP) is 3.72. The SMILES string of the molecule is O=C(CCc1ccc(C(F)(F)F)cc1)N1CCC2(CC1)OCCS2. The summed E-state index contributed by atoms with van der Waals surface area (Å²) in [4.78, 5) is 14.1. The van der Waals surface area contributed by atoms with Crippen LogP contribution in [0.25, 0.3) is 0 Å². The molecule has 0 saturated carbocycles. The first kappa shape index (κ1) is 17.6. The number of nitrogens with zero attached hydrogens (tertiary/aromatic N) is 1. The number of benzene rings is 1. The third kappa shape index (κ3) is 4.06. The molecule has 2 fully saturated rings. The van der Waals surface area contributed by atoms with Gasteiger partial charge in [0.15, 0.2) is 0 Å². The zero-order valence-electron chi connectivity index (χ0n) is 13.3. The minimum absolute atomic E-state index is 0.0627. The van der Waals surface area contributed by atoms with Crippen LogP contribution >= 0.6 is 11.8 Å². The highest BCUT2D eigenvalue weighted by atomic mass is 32.2. The number of carbonyl (C=O) groups excluding carboxylic acids is 1. The predicted molar refractivity (Wildman–Crippen MR) is 86.7 cm³/mol. The van der Waals surface area contributed by atoms with Gasteiger partial charge in [-0.05, 0) is 24.1 Å². The summed E-state index contributed by atoms with van der Waals surface area (Å²) in [7, 11) is 0. The minimum atomic E-state index is -4.32. The van der Waals surface area contributed by atoms with E-state index in [4.69, 9.17) is 4.74 Å². The maximum atomic E-state index is 12.5. The quantitative estimate of drug-likeness (QED) is 0.824. The molecule has 1 amide bonds. The highest BCUT2D eigenvalue weighted by molar-refractivity contribution is 8.00. The van der Waals surface area contributed by atoms with Crippen molar-refractivity contribution in [3.63, 3.8) is 0 Å². The van der Waals surface area contributed by atoms with Crippen LogP contribution < -0.4 is 0 Å². The van der Waals surface area contributed by atoms with Crippen molar-refractivity contribution < 1.29 is 22.7 Å². The van der Waals surface area contributed by atoms with Gasteiger partial charge in [0.1, 0.15) is 4.93 Å². The van der Waals surface area contributed by atoms with Crippen molar-refractivity contribution >= 4 is 17.7 Å². The Morgan fingerprint density at radius 3 is 2.42 bits per heavy atom. The molecule has 3 rings (SSSR count). The monoisotopic (exact) mass is 359 g/mol. The average molecular weight is 359 g/mol. The lowest BCUT2D eigenvalue weighted by atomic mass is 10.0. The second-order valence-electron chi connectivity index (χ2n) is 6.18. The third-order valence-electron chi connectivity index (χ3n) is 4.60. The van der Waals surface area contributed by atoms with Gasteiger partial charge >= 0.3 is 6.18 Å². The molecule has 0 atom stereocenters. The van der Waals surface area contributed by atoms with Crippen LogP contribution in [0.1, 0.15) is 30.4 Å². The number of ether oxygens (including phenoxy) is 1. The second kappa shape index (κ2) is 6.96. The van der Waals surface area contributed by atoms with Gasteiger partial charge in [-0.25, -0.2) is 0 Å². The van der Waals surface area contributed by atoms with Crippen LogP contribution in [0.5, 0.6) is 0 Å². The molecule has 1 aromatic rings. The van der Waals surface area contributed by atoms with Gasteiger partial charge in [-0.1, -0.05) is 12.1 Å². The van der Waals surface area contributed by atoms with Crippen molar-refractivity contribution in [3.05, 3.63) is 35.4 Å². The van der Waals surface area contributed by atoms with Crippen molar-refractivity contribution in [2.45, 2.75) is 36.8 Å². The summed E-state index contributed by atoms with van der Waals surface area (Å²) in [6.45, 7) is 2.17. The number of likely N-dealkylation sites (tertiary alicyclic amines) is 1. The van der Waals surface area contributed by atoms with Gasteiger partial charge in [0.05, 0.1) is 12.2 Å². The molecule has 0 aromatic heterocycles. The van der Waals surface area contributed by atoms with Gasteiger partial charge in [0, 0.05) is 38.1 Å². The normalized spacial score (nSPS) is 20.5. The van der Waals surface area contributed by atoms with Crippen LogP contribution in [0.15, 0.2) is 24.3 Å². The largest absolute Gasteiger partial charge is 0.416 e. The summed E-state index contributed by atoms with van der Waals surface area (Å²) in [6.07, 6.45) is -1.83. The molecule has 7 heteroatoms. The summed E-state index contributed by atoms with van der Waals surface area (Å²) >= 11 is 1.84. The summed E-state index contributed by atoms with van der Waals surface area (Å²) in [5, 5.41) is 0. The molecule has 0 unspecified atom stereocenters. The molecular weight excluding hydrogens is 339 g/mol. The van der Waals surface area contributed by atoms with E-state index in [1.54, 1.807) is 0 Å². The van der Waals surface area contributed by atoms with Crippen molar-refractivity contribution in [3.8, 4) is 0 Å². The van der Waals surface area contributed by atoms with Gasteiger partial charge in [-0.15, -0.1) is 11.8 Å². The van der Waals surface area contributed by atoms with Crippen LogP contribution in [-0.4, -0.2) is 41.2 Å². The third-order valence-corrected chi connectivity index (χ3v) is 6.02. The van der Waals surface area contributed by atoms with Crippen molar-refractivity contribution in [1.82, 2.24) is 4.90 Å². The Morgan fingerprint density at radius 1 is 1.21 bits per heavy atom. The number of hydrogen-bond acceptors (Lipinski definition) is 3. The fourth-order valence-electron chi connectivity index (χ4n) is 3.15. The van der Waals surface area contributed by atoms with E-state index in [-0.39, 0.29) is 10.8 Å². The van der Waals surface area contributed by atoms with E-state index in [1.165, 1.54) is 12.1 Å². The Labute approximate surface area is 143 Å². The molecule has 1 spiro atoms. The van der Waals surface area contributed by atoms with Gasteiger partial charge < -0.3 is 9.64 Å². The second-order valence-corrected chi connectivity index (χ2v) is 7.62. The Kier molecular flexibility index (Phi) is 5.11. The number of carbonyl (C=O) groups is 1. The maximum absolute atomic E-state index is 12.5. The number of rotatable bonds is 3. The molecule has 2 heterocycles. The van der Waals surface area contributed by atoms with E-state index in [9.17, 15) is 18.0 Å². The molecule has 2 aliphatic rings. The molecule has 0 bridgehead atoms. The average Bonchev–Trinajstić information content (AvgIpc) is 3.01. The molecule has 24 heavy (non-hydrogen) atoms. The van der Waals surface area contributed by atoms with E-state index in [1.807, 2.05) is 16.7 Å². The lowest BCUT2D eigenvalue weighted by Crippen LogP contribution is -2.45. The zero-order chi connectivity index (χ0) is 17.2. The summed E-state index contributed by atoms with van der Waals surface area (Å²) < 4.78 is 43.4. The highest BCUT2D eigenvalue weighted by Crippen LogP contribution is 2.41. The number of alkyl halides is 3. The Morgan fingerprint density at radius 2 is 1.88 bits per heavy atom. The number of thioether (sulfide) groups is 1. The van der Waals surface area contributed by atoms with Gasteiger partial charge in [-0.2, -0.15) is 13.2 Å². The maximum Gasteiger partial charge on any atom is 0.416 e. The molecule has 132 valence electrons. The summed E-state index contributed by atoms with van der Waals surface area (Å²) in [5.74, 6) is 1.08. The summed E-state index contributed by atoms with van der Waals surface area (Å²) in [6, 6.07) is 5.03. The van der Waals surface area contributed by atoms with Crippen LogP contribution in [-0.2, 0) is 22.1 Å². The zero-order valence-corrected chi connectivity index (χ0v) is 14.1. The van der Waals surface area contributed by atoms with Crippen LogP contribution in [0.2, 0.25) is 0 Å². The molecule has 2 aliphatic heterocycles.